The monoisotopic (exact) mass is 216 g/mol. The Morgan fingerprint density at radius 2 is 2.40 bits per heavy atom. The maximum absolute atomic E-state index is 11.7. The van der Waals surface area contributed by atoms with Crippen molar-refractivity contribution in [1.29, 1.82) is 0 Å². The maximum Gasteiger partial charge on any atom is 0.250 e. The minimum absolute atomic E-state index is 0.0381. The van der Waals surface area contributed by atoms with Gasteiger partial charge in [-0.15, -0.1) is 0 Å². The number of amides is 1. The zero-order valence-corrected chi connectivity index (χ0v) is 9.32. The van der Waals surface area contributed by atoms with E-state index < -0.39 is 6.10 Å². The molecule has 0 aliphatic carbocycles. The van der Waals surface area contributed by atoms with E-state index >= 15 is 0 Å². The van der Waals surface area contributed by atoms with Gasteiger partial charge in [0.1, 0.15) is 6.10 Å². The Hall–Kier alpha value is -0.650. The van der Waals surface area contributed by atoms with Crippen LogP contribution in [0.5, 0.6) is 0 Å². The van der Waals surface area contributed by atoms with Crippen molar-refractivity contribution < 1.29 is 14.6 Å². The number of hydrogen-bond acceptors (Lipinski definition) is 4. The molecule has 1 unspecified atom stereocenters. The molecule has 1 fully saturated rings. The van der Waals surface area contributed by atoms with E-state index in [-0.39, 0.29) is 24.5 Å². The largest absolute Gasteiger partial charge is 0.394 e. The van der Waals surface area contributed by atoms with Crippen LogP contribution in [-0.2, 0) is 9.53 Å². The molecule has 5 nitrogen and oxygen atoms in total. The smallest absolute Gasteiger partial charge is 0.250 e. The van der Waals surface area contributed by atoms with Crippen molar-refractivity contribution in [3.05, 3.63) is 0 Å². The lowest BCUT2D eigenvalue weighted by atomic mass is 10.1. The van der Waals surface area contributed by atoms with Gasteiger partial charge in [0, 0.05) is 13.1 Å². The Bertz CT molecular complexity index is 203. The highest BCUT2D eigenvalue weighted by Gasteiger charge is 2.24. The molecule has 15 heavy (non-hydrogen) atoms. The average molecular weight is 216 g/mol. The second kappa shape index (κ2) is 6.05. The molecule has 88 valence electrons. The Morgan fingerprint density at radius 1 is 1.67 bits per heavy atom. The number of hydrogen-bond donors (Lipinski definition) is 3. The quantitative estimate of drug-likeness (QED) is 0.570. The van der Waals surface area contributed by atoms with Crippen molar-refractivity contribution >= 4 is 5.91 Å². The summed E-state index contributed by atoms with van der Waals surface area (Å²) in [5, 5.41) is 14.9. The fourth-order valence-corrected chi connectivity index (χ4v) is 1.43. The van der Waals surface area contributed by atoms with Crippen LogP contribution in [0, 0.1) is 5.92 Å². The lowest BCUT2D eigenvalue weighted by Crippen LogP contribution is -2.52. The molecule has 0 saturated carbocycles. The van der Waals surface area contributed by atoms with Crippen LogP contribution in [0.25, 0.3) is 0 Å². The molecule has 1 aliphatic heterocycles. The molecule has 5 heteroatoms. The van der Waals surface area contributed by atoms with Crippen molar-refractivity contribution in [2.24, 2.45) is 5.92 Å². The topological polar surface area (TPSA) is 70.6 Å². The van der Waals surface area contributed by atoms with Gasteiger partial charge in [-0.3, -0.25) is 4.79 Å². The summed E-state index contributed by atoms with van der Waals surface area (Å²) in [4.78, 5) is 11.7. The molecule has 0 radical (unpaired) electrons. The Morgan fingerprint density at radius 3 is 2.87 bits per heavy atom. The van der Waals surface area contributed by atoms with E-state index in [2.05, 4.69) is 10.6 Å². The molecule has 1 amide bonds. The van der Waals surface area contributed by atoms with Gasteiger partial charge in [-0.2, -0.15) is 0 Å². The summed E-state index contributed by atoms with van der Waals surface area (Å²) in [5.74, 6) is 0.0745. The van der Waals surface area contributed by atoms with Gasteiger partial charge in [0.25, 0.3) is 5.91 Å². The van der Waals surface area contributed by atoms with Gasteiger partial charge in [0.05, 0.1) is 19.3 Å². The van der Waals surface area contributed by atoms with Gasteiger partial charge in [-0.05, 0) is 5.92 Å². The van der Waals surface area contributed by atoms with Crippen LogP contribution < -0.4 is 10.6 Å². The molecule has 0 spiro atoms. The fourth-order valence-electron chi connectivity index (χ4n) is 1.43. The molecule has 2 atom stereocenters. The number of morpholine rings is 1. The second-order valence-electron chi connectivity index (χ2n) is 4.11. The normalized spacial score (nSPS) is 23.9. The third kappa shape index (κ3) is 3.77. The molecule has 1 saturated heterocycles. The van der Waals surface area contributed by atoms with Crippen LogP contribution in [0.15, 0.2) is 0 Å². The first-order chi connectivity index (χ1) is 7.15. The number of aliphatic hydroxyl groups excluding tert-OH is 1. The molecule has 0 aromatic heterocycles. The Kier molecular flexibility index (Phi) is 5.01. The molecule has 1 heterocycles. The lowest BCUT2D eigenvalue weighted by molar-refractivity contribution is -0.135. The van der Waals surface area contributed by atoms with Crippen LogP contribution >= 0.6 is 0 Å². The minimum Gasteiger partial charge on any atom is -0.394 e. The predicted molar refractivity (Wildman–Crippen MR) is 56.5 cm³/mol. The van der Waals surface area contributed by atoms with E-state index in [9.17, 15) is 4.79 Å². The van der Waals surface area contributed by atoms with Gasteiger partial charge >= 0.3 is 0 Å². The van der Waals surface area contributed by atoms with E-state index in [1.807, 2.05) is 13.8 Å². The summed E-state index contributed by atoms with van der Waals surface area (Å²) in [5.41, 5.74) is 0. The van der Waals surface area contributed by atoms with Crippen molar-refractivity contribution in [2.45, 2.75) is 26.0 Å². The Labute approximate surface area is 90.2 Å². The molecular formula is C10H20N2O3. The van der Waals surface area contributed by atoms with Gasteiger partial charge < -0.3 is 20.5 Å². The van der Waals surface area contributed by atoms with E-state index in [1.165, 1.54) is 0 Å². The zero-order chi connectivity index (χ0) is 11.3. The molecule has 0 aromatic carbocycles. The van der Waals surface area contributed by atoms with Crippen molar-refractivity contribution in [3.63, 3.8) is 0 Å². The summed E-state index contributed by atoms with van der Waals surface area (Å²) in [6, 6.07) is -0.192. The van der Waals surface area contributed by atoms with E-state index in [1.54, 1.807) is 0 Å². The third-order valence-electron chi connectivity index (χ3n) is 2.55. The van der Waals surface area contributed by atoms with E-state index in [0.29, 0.717) is 13.2 Å². The zero-order valence-electron chi connectivity index (χ0n) is 9.32. The summed E-state index contributed by atoms with van der Waals surface area (Å²) in [6.07, 6.45) is -0.424. The second-order valence-corrected chi connectivity index (χ2v) is 4.11. The summed E-state index contributed by atoms with van der Waals surface area (Å²) < 4.78 is 5.31. The number of ether oxygens (including phenoxy) is 1. The number of rotatable bonds is 4. The fraction of sp³-hybridized carbons (Fsp3) is 0.900. The highest BCUT2D eigenvalue weighted by molar-refractivity contribution is 5.81. The van der Waals surface area contributed by atoms with Gasteiger partial charge in [0.2, 0.25) is 0 Å². The summed E-state index contributed by atoms with van der Waals surface area (Å²) in [6.45, 7) is 5.77. The lowest BCUT2D eigenvalue weighted by Gasteiger charge is -2.26. The number of nitrogens with one attached hydrogen (secondary N) is 2. The SMILES string of the molecule is CC(C)[C@@H](CO)NC(=O)C1CNCCO1. The Balaban J connectivity index is 2.38. The van der Waals surface area contributed by atoms with Crippen molar-refractivity contribution in [1.82, 2.24) is 10.6 Å². The first-order valence-corrected chi connectivity index (χ1v) is 5.38. The molecule has 3 N–H and O–H groups in total. The van der Waals surface area contributed by atoms with Gasteiger partial charge in [-0.25, -0.2) is 0 Å². The molecular weight excluding hydrogens is 196 g/mol. The average Bonchev–Trinajstić information content (AvgIpc) is 2.26. The van der Waals surface area contributed by atoms with Gasteiger partial charge in [-0.1, -0.05) is 13.8 Å². The number of carbonyl (C=O) groups excluding carboxylic acids is 1. The predicted octanol–water partition coefficient (Wildman–Crippen LogP) is -0.892. The molecule has 0 aromatic rings. The number of carbonyl (C=O) groups is 1. The molecule has 1 aliphatic rings. The minimum atomic E-state index is -0.424. The third-order valence-corrected chi connectivity index (χ3v) is 2.55. The van der Waals surface area contributed by atoms with Crippen LogP contribution in [-0.4, -0.2) is 49.5 Å². The summed E-state index contributed by atoms with van der Waals surface area (Å²) >= 11 is 0. The number of aliphatic hydroxyl groups is 1. The summed E-state index contributed by atoms with van der Waals surface area (Å²) in [7, 11) is 0. The van der Waals surface area contributed by atoms with E-state index in [4.69, 9.17) is 9.84 Å². The highest BCUT2D eigenvalue weighted by Crippen LogP contribution is 2.03. The maximum atomic E-state index is 11.7. The van der Waals surface area contributed by atoms with Crippen molar-refractivity contribution in [3.8, 4) is 0 Å². The molecule has 1 rings (SSSR count). The van der Waals surface area contributed by atoms with Crippen LogP contribution in [0.3, 0.4) is 0 Å². The first kappa shape index (κ1) is 12.4. The van der Waals surface area contributed by atoms with Crippen molar-refractivity contribution in [2.75, 3.05) is 26.3 Å². The standard InChI is InChI=1S/C10H20N2O3/c1-7(2)8(6-13)12-10(14)9-5-11-3-4-15-9/h7-9,11,13H,3-6H2,1-2H3,(H,12,14)/t8-,9?/m1/s1. The van der Waals surface area contributed by atoms with Crippen LogP contribution in [0.4, 0.5) is 0 Å². The first-order valence-electron chi connectivity index (χ1n) is 5.38. The van der Waals surface area contributed by atoms with Crippen LogP contribution in [0.2, 0.25) is 0 Å². The van der Waals surface area contributed by atoms with Gasteiger partial charge in [0.15, 0.2) is 0 Å². The highest BCUT2D eigenvalue weighted by atomic mass is 16.5. The van der Waals surface area contributed by atoms with Crippen LogP contribution in [0.1, 0.15) is 13.8 Å². The van der Waals surface area contributed by atoms with E-state index in [0.717, 1.165) is 6.54 Å². The molecule has 0 bridgehead atoms.